The van der Waals surface area contributed by atoms with Crippen LogP contribution in [-0.4, -0.2) is 28.1 Å². The van der Waals surface area contributed by atoms with Crippen molar-refractivity contribution in [1.29, 1.82) is 0 Å². The lowest BCUT2D eigenvalue weighted by molar-refractivity contribution is 0.271. The second-order valence-electron chi connectivity index (χ2n) is 3.60. The van der Waals surface area contributed by atoms with Gasteiger partial charge in [-0.2, -0.15) is 4.98 Å². The third-order valence-electron chi connectivity index (χ3n) is 2.33. The maximum absolute atomic E-state index is 5.62. The van der Waals surface area contributed by atoms with E-state index in [1.165, 1.54) is 19.3 Å². The summed E-state index contributed by atoms with van der Waals surface area (Å²) in [5, 5.41) is 2.13. The number of rotatable bonds is 2. The fourth-order valence-electron chi connectivity index (χ4n) is 1.63. The Morgan fingerprint density at radius 3 is 2.67 bits per heavy atom. The van der Waals surface area contributed by atoms with E-state index >= 15 is 0 Å². The molecule has 1 aliphatic heterocycles. The SMILES string of the molecule is Nc1cc(Br)nc(NN2CCCCC2)n1. The first-order valence-corrected chi connectivity index (χ1v) is 5.85. The molecule has 0 aliphatic carbocycles. The summed E-state index contributed by atoms with van der Waals surface area (Å²) in [6, 6.07) is 1.68. The molecule has 0 bridgehead atoms. The molecule has 0 amide bonds. The van der Waals surface area contributed by atoms with Crippen molar-refractivity contribution in [3.05, 3.63) is 10.7 Å². The molecule has 0 saturated carbocycles. The Morgan fingerprint density at radius 1 is 1.27 bits per heavy atom. The van der Waals surface area contributed by atoms with Gasteiger partial charge < -0.3 is 5.73 Å². The number of piperidine rings is 1. The van der Waals surface area contributed by atoms with Crippen LogP contribution in [0, 0.1) is 0 Å². The van der Waals surface area contributed by atoms with Crippen LogP contribution in [0.3, 0.4) is 0 Å². The molecular weight excluding hydrogens is 258 g/mol. The van der Waals surface area contributed by atoms with Crippen molar-refractivity contribution in [3.63, 3.8) is 0 Å². The average molecular weight is 272 g/mol. The Hall–Kier alpha value is -0.880. The Balaban J connectivity index is 2.02. The number of nitrogens with zero attached hydrogens (tertiary/aromatic N) is 3. The zero-order valence-corrected chi connectivity index (χ0v) is 10.00. The molecule has 1 aromatic rings. The smallest absolute Gasteiger partial charge is 0.240 e. The van der Waals surface area contributed by atoms with Gasteiger partial charge in [0.1, 0.15) is 10.4 Å². The van der Waals surface area contributed by atoms with Crippen LogP contribution in [0.25, 0.3) is 0 Å². The fourth-order valence-corrected chi connectivity index (χ4v) is 2.03. The molecular formula is C9H14BrN5. The number of aromatic nitrogens is 2. The number of halogens is 1. The van der Waals surface area contributed by atoms with Gasteiger partial charge in [-0.05, 0) is 28.8 Å². The fraction of sp³-hybridized carbons (Fsp3) is 0.556. The van der Waals surface area contributed by atoms with E-state index in [-0.39, 0.29) is 0 Å². The largest absolute Gasteiger partial charge is 0.383 e. The van der Waals surface area contributed by atoms with Gasteiger partial charge in [-0.25, -0.2) is 9.99 Å². The lowest BCUT2D eigenvalue weighted by atomic mass is 10.2. The first-order valence-electron chi connectivity index (χ1n) is 5.06. The number of hydrogen-bond donors (Lipinski definition) is 2. The molecule has 1 aromatic heterocycles. The number of nitrogens with two attached hydrogens (primary N) is 1. The summed E-state index contributed by atoms with van der Waals surface area (Å²) in [5.41, 5.74) is 8.79. The van der Waals surface area contributed by atoms with Gasteiger partial charge in [0.25, 0.3) is 0 Å². The Kier molecular flexibility index (Phi) is 3.37. The first kappa shape index (κ1) is 10.6. The summed E-state index contributed by atoms with van der Waals surface area (Å²) in [5.74, 6) is 1.03. The summed E-state index contributed by atoms with van der Waals surface area (Å²) in [7, 11) is 0. The zero-order valence-electron chi connectivity index (χ0n) is 8.41. The average Bonchev–Trinajstić information content (AvgIpc) is 2.17. The van der Waals surface area contributed by atoms with Crippen molar-refractivity contribution >= 4 is 27.7 Å². The van der Waals surface area contributed by atoms with E-state index < -0.39 is 0 Å². The van der Waals surface area contributed by atoms with Crippen LogP contribution in [0.4, 0.5) is 11.8 Å². The molecule has 0 radical (unpaired) electrons. The molecule has 5 nitrogen and oxygen atoms in total. The highest BCUT2D eigenvalue weighted by atomic mass is 79.9. The van der Waals surface area contributed by atoms with Gasteiger partial charge in [-0.1, -0.05) is 6.42 Å². The molecule has 1 fully saturated rings. The topological polar surface area (TPSA) is 67.1 Å². The maximum atomic E-state index is 5.62. The minimum absolute atomic E-state index is 0.469. The Labute approximate surface area is 97.2 Å². The molecule has 3 N–H and O–H groups in total. The quantitative estimate of drug-likeness (QED) is 0.801. The number of nitrogen functional groups attached to an aromatic ring is 1. The van der Waals surface area contributed by atoms with Gasteiger partial charge in [0.15, 0.2) is 0 Å². The summed E-state index contributed by atoms with van der Waals surface area (Å²) < 4.78 is 0.703. The van der Waals surface area contributed by atoms with Gasteiger partial charge in [0.2, 0.25) is 5.95 Å². The van der Waals surface area contributed by atoms with E-state index in [0.717, 1.165) is 13.1 Å². The van der Waals surface area contributed by atoms with Crippen LogP contribution in [0.1, 0.15) is 19.3 Å². The highest BCUT2D eigenvalue weighted by Crippen LogP contribution is 2.14. The number of nitrogens with one attached hydrogen (secondary N) is 1. The van der Waals surface area contributed by atoms with Gasteiger partial charge >= 0.3 is 0 Å². The third kappa shape index (κ3) is 3.04. The molecule has 1 aliphatic rings. The molecule has 15 heavy (non-hydrogen) atoms. The van der Waals surface area contributed by atoms with E-state index in [4.69, 9.17) is 5.73 Å². The van der Waals surface area contributed by atoms with Crippen LogP contribution in [0.5, 0.6) is 0 Å². The zero-order chi connectivity index (χ0) is 10.7. The summed E-state index contributed by atoms with van der Waals surface area (Å²) in [4.78, 5) is 8.31. The van der Waals surface area contributed by atoms with Crippen molar-refractivity contribution in [3.8, 4) is 0 Å². The minimum Gasteiger partial charge on any atom is -0.383 e. The number of hydrogen-bond acceptors (Lipinski definition) is 5. The van der Waals surface area contributed by atoms with Crippen LogP contribution in [0.15, 0.2) is 10.7 Å². The number of anilines is 2. The number of hydrazine groups is 1. The van der Waals surface area contributed by atoms with Crippen LogP contribution in [-0.2, 0) is 0 Å². The molecule has 2 heterocycles. The van der Waals surface area contributed by atoms with Crippen LogP contribution < -0.4 is 11.2 Å². The summed E-state index contributed by atoms with van der Waals surface area (Å²) >= 11 is 3.29. The maximum Gasteiger partial charge on any atom is 0.240 e. The second-order valence-corrected chi connectivity index (χ2v) is 4.41. The highest BCUT2D eigenvalue weighted by Gasteiger charge is 2.11. The van der Waals surface area contributed by atoms with Gasteiger partial charge in [-0.15, -0.1) is 0 Å². The predicted molar refractivity (Wildman–Crippen MR) is 63.2 cm³/mol. The van der Waals surface area contributed by atoms with Crippen molar-refractivity contribution in [2.45, 2.75) is 19.3 Å². The van der Waals surface area contributed by atoms with E-state index in [1.54, 1.807) is 6.07 Å². The second kappa shape index (κ2) is 4.76. The van der Waals surface area contributed by atoms with Crippen molar-refractivity contribution < 1.29 is 0 Å². The van der Waals surface area contributed by atoms with Crippen LogP contribution in [0.2, 0.25) is 0 Å². The lowest BCUT2D eigenvalue weighted by Gasteiger charge is -2.26. The van der Waals surface area contributed by atoms with E-state index in [9.17, 15) is 0 Å². The highest BCUT2D eigenvalue weighted by molar-refractivity contribution is 9.10. The molecule has 6 heteroatoms. The van der Waals surface area contributed by atoms with Crippen molar-refractivity contribution in [1.82, 2.24) is 15.0 Å². The van der Waals surface area contributed by atoms with Crippen molar-refractivity contribution in [2.24, 2.45) is 0 Å². The predicted octanol–water partition coefficient (Wildman–Crippen LogP) is 1.63. The van der Waals surface area contributed by atoms with E-state index in [1.807, 2.05) is 0 Å². The molecule has 82 valence electrons. The van der Waals surface area contributed by atoms with Crippen molar-refractivity contribution in [2.75, 3.05) is 24.2 Å². The van der Waals surface area contributed by atoms with E-state index in [2.05, 4.69) is 36.3 Å². The molecule has 0 atom stereocenters. The molecule has 1 saturated heterocycles. The summed E-state index contributed by atoms with van der Waals surface area (Å²) in [6.07, 6.45) is 3.74. The van der Waals surface area contributed by atoms with E-state index in [0.29, 0.717) is 16.4 Å². The monoisotopic (exact) mass is 271 g/mol. The summed E-state index contributed by atoms with van der Waals surface area (Å²) in [6.45, 7) is 2.07. The Morgan fingerprint density at radius 2 is 2.00 bits per heavy atom. The van der Waals surface area contributed by atoms with Gasteiger partial charge in [-0.3, -0.25) is 5.43 Å². The molecule has 0 unspecified atom stereocenters. The molecule has 0 aromatic carbocycles. The lowest BCUT2D eigenvalue weighted by Crippen LogP contribution is -2.35. The van der Waals surface area contributed by atoms with Gasteiger partial charge in [0, 0.05) is 19.2 Å². The third-order valence-corrected chi connectivity index (χ3v) is 2.74. The standard InChI is InChI=1S/C9H14BrN5/c10-7-6-8(11)13-9(12-7)14-15-4-2-1-3-5-15/h6H,1-5H2,(H3,11,12,13,14). The van der Waals surface area contributed by atoms with Crippen LogP contribution >= 0.6 is 15.9 Å². The first-order chi connectivity index (χ1) is 7.24. The molecule has 0 spiro atoms. The Bertz CT molecular complexity index is 317. The van der Waals surface area contributed by atoms with Gasteiger partial charge in [0.05, 0.1) is 0 Å². The minimum atomic E-state index is 0.469. The normalized spacial score (nSPS) is 17.7. The molecule has 2 rings (SSSR count).